The molecule has 0 amide bonds. The van der Waals surface area contributed by atoms with Crippen molar-refractivity contribution in [3.8, 4) is 5.75 Å². The van der Waals surface area contributed by atoms with Crippen LogP contribution in [0.4, 0.5) is 0 Å². The molecular formula is C20H34IN3O3. The second kappa shape index (κ2) is 13.2. The van der Waals surface area contributed by atoms with Gasteiger partial charge in [0.1, 0.15) is 5.75 Å². The van der Waals surface area contributed by atoms with E-state index in [9.17, 15) is 5.11 Å². The van der Waals surface area contributed by atoms with Crippen molar-refractivity contribution in [1.82, 2.24) is 10.6 Å². The normalized spacial score (nSPS) is 18.1. The second-order valence-electron chi connectivity index (χ2n) is 6.82. The highest BCUT2D eigenvalue weighted by Crippen LogP contribution is 2.20. The largest absolute Gasteiger partial charge is 0.491 e. The maximum absolute atomic E-state index is 10.5. The lowest BCUT2D eigenvalue weighted by Crippen LogP contribution is -2.38. The van der Waals surface area contributed by atoms with Crippen molar-refractivity contribution in [2.45, 2.75) is 58.3 Å². The average Bonchev–Trinajstić information content (AvgIpc) is 3.12. The van der Waals surface area contributed by atoms with Crippen LogP contribution in [0.15, 0.2) is 29.3 Å². The van der Waals surface area contributed by atoms with Gasteiger partial charge in [0.05, 0.1) is 24.9 Å². The molecule has 1 heterocycles. The minimum Gasteiger partial charge on any atom is -0.491 e. The first-order valence-electron chi connectivity index (χ1n) is 9.67. The molecule has 0 spiro atoms. The molecule has 27 heavy (non-hydrogen) atoms. The minimum absolute atomic E-state index is 0. The summed E-state index contributed by atoms with van der Waals surface area (Å²) >= 11 is 0. The average molecular weight is 491 g/mol. The number of benzene rings is 1. The van der Waals surface area contributed by atoms with Crippen molar-refractivity contribution in [3.05, 3.63) is 29.8 Å². The Morgan fingerprint density at radius 1 is 1.37 bits per heavy atom. The maximum Gasteiger partial charge on any atom is 0.191 e. The highest BCUT2D eigenvalue weighted by atomic mass is 127. The van der Waals surface area contributed by atoms with Gasteiger partial charge in [-0.2, -0.15) is 0 Å². The number of aliphatic hydroxyl groups is 1. The van der Waals surface area contributed by atoms with Gasteiger partial charge in [0.25, 0.3) is 0 Å². The molecule has 0 radical (unpaired) electrons. The van der Waals surface area contributed by atoms with Gasteiger partial charge in [0.15, 0.2) is 5.96 Å². The molecule has 1 aliphatic rings. The van der Waals surface area contributed by atoms with Crippen LogP contribution in [0, 0.1) is 0 Å². The van der Waals surface area contributed by atoms with Crippen molar-refractivity contribution >= 4 is 29.9 Å². The van der Waals surface area contributed by atoms with Crippen LogP contribution in [-0.4, -0.2) is 49.5 Å². The summed E-state index contributed by atoms with van der Waals surface area (Å²) in [6, 6.07) is 7.56. The number of halogens is 1. The fourth-order valence-corrected chi connectivity index (χ4v) is 2.92. The molecule has 1 fully saturated rings. The Kier molecular flexibility index (Phi) is 11.7. The third kappa shape index (κ3) is 9.12. The van der Waals surface area contributed by atoms with Crippen LogP contribution in [0.2, 0.25) is 0 Å². The zero-order valence-electron chi connectivity index (χ0n) is 16.6. The van der Waals surface area contributed by atoms with Gasteiger partial charge in [-0.15, -0.1) is 24.0 Å². The number of aliphatic imine (C=N–C) groups is 1. The maximum atomic E-state index is 10.5. The predicted octanol–water partition coefficient (Wildman–Crippen LogP) is 3.25. The van der Waals surface area contributed by atoms with Crippen LogP contribution in [0.1, 0.15) is 51.7 Å². The van der Waals surface area contributed by atoms with E-state index in [2.05, 4.69) is 15.6 Å². The lowest BCUT2D eigenvalue weighted by atomic mass is 10.1. The van der Waals surface area contributed by atoms with Gasteiger partial charge in [-0.05, 0) is 57.7 Å². The molecule has 1 aromatic rings. The van der Waals surface area contributed by atoms with Gasteiger partial charge in [-0.25, -0.2) is 0 Å². The van der Waals surface area contributed by atoms with Crippen LogP contribution in [0.5, 0.6) is 5.75 Å². The number of aliphatic hydroxyl groups excluding tert-OH is 1. The molecule has 7 heteroatoms. The molecule has 1 saturated heterocycles. The zero-order valence-corrected chi connectivity index (χ0v) is 18.9. The van der Waals surface area contributed by atoms with Gasteiger partial charge >= 0.3 is 0 Å². The third-order valence-electron chi connectivity index (χ3n) is 4.16. The van der Waals surface area contributed by atoms with E-state index < -0.39 is 6.10 Å². The Balaban J connectivity index is 0.00000364. The van der Waals surface area contributed by atoms with E-state index >= 15 is 0 Å². The highest BCUT2D eigenvalue weighted by Gasteiger charge is 2.15. The Morgan fingerprint density at radius 3 is 2.85 bits per heavy atom. The molecule has 1 aliphatic heterocycles. The summed E-state index contributed by atoms with van der Waals surface area (Å²) in [7, 11) is 0. The van der Waals surface area contributed by atoms with Crippen molar-refractivity contribution in [2.75, 3.05) is 26.2 Å². The van der Waals surface area contributed by atoms with Gasteiger partial charge in [-0.3, -0.25) is 4.99 Å². The van der Waals surface area contributed by atoms with E-state index in [0.717, 1.165) is 56.2 Å². The van der Waals surface area contributed by atoms with E-state index in [0.29, 0.717) is 12.6 Å². The van der Waals surface area contributed by atoms with E-state index in [1.807, 2.05) is 45.0 Å². The molecular weight excluding hydrogens is 457 g/mol. The summed E-state index contributed by atoms with van der Waals surface area (Å²) in [5.74, 6) is 1.49. The number of rotatable bonds is 9. The number of nitrogens with one attached hydrogen (secondary N) is 2. The molecule has 0 bridgehead atoms. The summed E-state index contributed by atoms with van der Waals surface area (Å²) in [5.41, 5.74) is 0.808. The van der Waals surface area contributed by atoms with Crippen molar-refractivity contribution in [1.29, 1.82) is 0 Å². The topological polar surface area (TPSA) is 75.1 Å². The SMILES string of the molecule is CCNC(=NCC(O)c1cccc(OC(C)C)c1)NCCC1CCCO1.I. The number of guanidine groups is 1. The quantitative estimate of drug-likeness (QED) is 0.281. The van der Waals surface area contributed by atoms with Crippen molar-refractivity contribution in [2.24, 2.45) is 4.99 Å². The van der Waals surface area contributed by atoms with E-state index in [1.165, 1.54) is 0 Å². The van der Waals surface area contributed by atoms with Gasteiger partial charge in [0, 0.05) is 19.7 Å². The standard InChI is InChI=1S/C20H33N3O3.HI/c1-4-21-20(22-11-10-17-9-6-12-25-17)23-14-19(24)16-7-5-8-18(13-16)26-15(2)3;/h5,7-8,13,15,17,19,24H,4,6,9-12,14H2,1-3H3,(H2,21,22,23);1H. The molecule has 2 unspecified atom stereocenters. The molecule has 1 aromatic carbocycles. The number of hydrogen-bond acceptors (Lipinski definition) is 4. The third-order valence-corrected chi connectivity index (χ3v) is 4.16. The Bertz CT molecular complexity index is 563. The number of nitrogens with zero attached hydrogens (tertiary/aromatic N) is 1. The molecule has 6 nitrogen and oxygen atoms in total. The van der Waals surface area contributed by atoms with Crippen molar-refractivity contribution in [3.63, 3.8) is 0 Å². The molecule has 2 atom stereocenters. The second-order valence-corrected chi connectivity index (χ2v) is 6.82. The number of hydrogen-bond donors (Lipinski definition) is 3. The van der Waals surface area contributed by atoms with E-state index in [-0.39, 0.29) is 30.1 Å². The summed E-state index contributed by atoms with van der Waals surface area (Å²) in [6.07, 6.45) is 3.07. The van der Waals surface area contributed by atoms with Crippen LogP contribution < -0.4 is 15.4 Å². The summed E-state index contributed by atoms with van der Waals surface area (Å²) in [5, 5.41) is 17.0. The van der Waals surface area contributed by atoms with Crippen LogP contribution in [0.3, 0.4) is 0 Å². The molecule has 0 aromatic heterocycles. The Labute approximate surface area is 180 Å². The minimum atomic E-state index is -0.667. The Hall–Kier alpha value is -1.06. The Morgan fingerprint density at radius 2 is 2.19 bits per heavy atom. The van der Waals surface area contributed by atoms with Crippen molar-refractivity contribution < 1.29 is 14.6 Å². The first kappa shape index (κ1) is 24.0. The summed E-state index contributed by atoms with van der Waals surface area (Å²) in [4.78, 5) is 4.51. The lowest BCUT2D eigenvalue weighted by Gasteiger charge is -2.16. The lowest BCUT2D eigenvalue weighted by molar-refractivity contribution is 0.105. The molecule has 2 rings (SSSR count). The van der Waals surface area contributed by atoms with E-state index in [1.54, 1.807) is 0 Å². The fraction of sp³-hybridized carbons (Fsp3) is 0.650. The van der Waals surface area contributed by atoms with Gasteiger partial charge in [-0.1, -0.05) is 12.1 Å². The number of ether oxygens (including phenoxy) is 2. The predicted molar refractivity (Wildman–Crippen MR) is 120 cm³/mol. The van der Waals surface area contributed by atoms with Crippen LogP contribution >= 0.6 is 24.0 Å². The smallest absolute Gasteiger partial charge is 0.191 e. The molecule has 154 valence electrons. The van der Waals surface area contributed by atoms with Crippen LogP contribution in [0.25, 0.3) is 0 Å². The highest BCUT2D eigenvalue weighted by molar-refractivity contribution is 14.0. The molecule has 0 saturated carbocycles. The fourth-order valence-electron chi connectivity index (χ4n) is 2.92. The van der Waals surface area contributed by atoms with Crippen LogP contribution in [-0.2, 0) is 4.74 Å². The first-order valence-corrected chi connectivity index (χ1v) is 9.67. The molecule has 0 aliphatic carbocycles. The summed E-state index contributed by atoms with van der Waals surface area (Å²) in [6.45, 7) is 8.76. The monoisotopic (exact) mass is 491 g/mol. The van der Waals surface area contributed by atoms with Gasteiger partial charge < -0.3 is 25.2 Å². The van der Waals surface area contributed by atoms with E-state index in [4.69, 9.17) is 9.47 Å². The first-order chi connectivity index (χ1) is 12.6. The zero-order chi connectivity index (χ0) is 18.8. The molecule has 3 N–H and O–H groups in total. The van der Waals surface area contributed by atoms with Gasteiger partial charge in [0.2, 0.25) is 0 Å². The summed E-state index contributed by atoms with van der Waals surface area (Å²) < 4.78 is 11.3.